The Morgan fingerprint density at radius 2 is 1.84 bits per heavy atom. The molecule has 1 aromatic heterocycles. The Bertz CT molecular complexity index is 853. The van der Waals surface area contributed by atoms with Crippen molar-refractivity contribution in [2.45, 2.75) is 44.9 Å². The van der Waals surface area contributed by atoms with Crippen molar-refractivity contribution in [3.8, 4) is 5.75 Å². The molecule has 31 heavy (non-hydrogen) atoms. The molecule has 2 heterocycles. The van der Waals surface area contributed by atoms with Gasteiger partial charge < -0.3 is 19.0 Å². The number of ether oxygens (including phenoxy) is 1. The number of rotatable bonds is 7. The van der Waals surface area contributed by atoms with Gasteiger partial charge in [-0.1, -0.05) is 38.2 Å². The highest BCUT2D eigenvalue weighted by atomic mass is 16.5. The van der Waals surface area contributed by atoms with Crippen LogP contribution >= 0.6 is 0 Å². The molecule has 0 atom stereocenters. The van der Waals surface area contributed by atoms with Gasteiger partial charge in [0.05, 0.1) is 18.7 Å². The first-order valence-electron chi connectivity index (χ1n) is 11.4. The summed E-state index contributed by atoms with van der Waals surface area (Å²) in [6.45, 7) is 2.81. The average Bonchev–Trinajstić information content (AvgIpc) is 3.33. The lowest BCUT2D eigenvalue weighted by Gasteiger charge is -2.34. The molecular formula is C24H31N3O4. The van der Waals surface area contributed by atoms with E-state index in [-0.39, 0.29) is 18.2 Å². The third-order valence-corrected chi connectivity index (χ3v) is 6.34. The summed E-state index contributed by atoms with van der Waals surface area (Å²) in [6, 6.07) is 7.46. The van der Waals surface area contributed by atoms with Gasteiger partial charge in [-0.05, 0) is 30.5 Å². The van der Waals surface area contributed by atoms with Gasteiger partial charge in [0.15, 0.2) is 6.39 Å². The minimum Gasteiger partial charge on any atom is -0.494 e. The zero-order valence-corrected chi connectivity index (χ0v) is 18.0. The van der Waals surface area contributed by atoms with Gasteiger partial charge in [-0.3, -0.25) is 9.59 Å². The molecule has 2 fully saturated rings. The molecule has 1 aliphatic heterocycles. The summed E-state index contributed by atoms with van der Waals surface area (Å²) in [5, 5.41) is 0. The average molecular weight is 426 g/mol. The van der Waals surface area contributed by atoms with Crippen LogP contribution in [0.1, 0.15) is 54.6 Å². The lowest BCUT2D eigenvalue weighted by Crippen LogP contribution is -2.51. The van der Waals surface area contributed by atoms with E-state index >= 15 is 0 Å². The van der Waals surface area contributed by atoms with E-state index in [1.807, 2.05) is 24.3 Å². The number of oxazole rings is 1. The van der Waals surface area contributed by atoms with Gasteiger partial charge in [0.2, 0.25) is 5.91 Å². The van der Waals surface area contributed by atoms with Gasteiger partial charge in [-0.15, -0.1) is 0 Å². The van der Waals surface area contributed by atoms with Crippen molar-refractivity contribution in [2.75, 3.05) is 32.8 Å². The van der Waals surface area contributed by atoms with Gasteiger partial charge in [0.1, 0.15) is 12.0 Å². The van der Waals surface area contributed by atoms with Crippen molar-refractivity contribution in [1.29, 1.82) is 0 Å². The Kier molecular flexibility index (Phi) is 7.22. The lowest BCUT2D eigenvalue weighted by molar-refractivity contribution is -0.132. The lowest BCUT2D eigenvalue weighted by atomic mass is 9.87. The van der Waals surface area contributed by atoms with Crippen molar-refractivity contribution in [2.24, 2.45) is 5.92 Å². The number of nitrogens with zero attached hydrogens (tertiary/aromatic N) is 3. The number of carbonyl (C=O) groups excluding carboxylic acids is 2. The molecule has 2 aliphatic rings. The topological polar surface area (TPSA) is 75.9 Å². The van der Waals surface area contributed by atoms with E-state index in [2.05, 4.69) is 4.98 Å². The van der Waals surface area contributed by atoms with Crippen LogP contribution in [0.4, 0.5) is 0 Å². The van der Waals surface area contributed by atoms with Crippen LogP contribution in [0.5, 0.6) is 5.75 Å². The number of piperazine rings is 1. The number of hydrogen-bond acceptors (Lipinski definition) is 5. The zero-order chi connectivity index (χ0) is 21.5. The van der Waals surface area contributed by atoms with Crippen LogP contribution in [0.3, 0.4) is 0 Å². The quantitative estimate of drug-likeness (QED) is 0.678. The van der Waals surface area contributed by atoms with Crippen molar-refractivity contribution >= 4 is 11.8 Å². The molecule has 0 spiro atoms. The van der Waals surface area contributed by atoms with Gasteiger partial charge in [-0.2, -0.15) is 0 Å². The Morgan fingerprint density at radius 1 is 1.06 bits per heavy atom. The number of aromatic nitrogens is 1. The van der Waals surface area contributed by atoms with E-state index < -0.39 is 0 Å². The first-order chi connectivity index (χ1) is 15.2. The van der Waals surface area contributed by atoms with Gasteiger partial charge in [0, 0.05) is 31.7 Å². The highest BCUT2D eigenvalue weighted by molar-refractivity contribution is 5.94. The van der Waals surface area contributed by atoms with Crippen molar-refractivity contribution in [1.82, 2.24) is 14.8 Å². The predicted molar refractivity (Wildman–Crippen MR) is 116 cm³/mol. The van der Waals surface area contributed by atoms with E-state index in [0.717, 1.165) is 18.1 Å². The Balaban J connectivity index is 1.24. The molecule has 1 saturated carbocycles. The molecule has 1 aromatic carbocycles. The van der Waals surface area contributed by atoms with E-state index in [9.17, 15) is 9.59 Å². The molecule has 2 aromatic rings. The molecule has 0 N–H and O–H groups in total. The summed E-state index contributed by atoms with van der Waals surface area (Å²) in [4.78, 5) is 32.9. The van der Waals surface area contributed by atoms with Crippen LogP contribution in [0.25, 0.3) is 0 Å². The van der Waals surface area contributed by atoms with E-state index in [1.165, 1.54) is 44.8 Å². The fourth-order valence-electron chi connectivity index (χ4n) is 4.47. The predicted octanol–water partition coefficient (Wildman–Crippen LogP) is 3.55. The fourth-order valence-corrected chi connectivity index (χ4v) is 4.47. The normalized spacial score (nSPS) is 17.5. The van der Waals surface area contributed by atoms with E-state index in [0.29, 0.717) is 44.0 Å². The SMILES string of the molecule is O=C(Cc1cocn1)N1CCN(C(=O)c2cccc(OCCC3CCCCC3)c2)CC1. The molecule has 0 radical (unpaired) electrons. The summed E-state index contributed by atoms with van der Waals surface area (Å²) >= 11 is 0. The Labute approximate surface area is 183 Å². The first kappa shape index (κ1) is 21.4. The molecule has 0 bridgehead atoms. The molecule has 0 unspecified atom stereocenters. The van der Waals surface area contributed by atoms with Crippen LogP contribution in [0.2, 0.25) is 0 Å². The third-order valence-electron chi connectivity index (χ3n) is 6.34. The minimum absolute atomic E-state index is 0.00867. The summed E-state index contributed by atoms with van der Waals surface area (Å²) in [5.41, 5.74) is 1.27. The second-order valence-electron chi connectivity index (χ2n) is 8.50. The molecule has 1 saturated heterocycles. The maximum atomic E-state index is 13.0. The summed E-state index contributed by atoms with van der Waals surface area (Å²) in [7, 11) is 0. The van der Waals surface area contributed by atoms with E-state index in [4.69, 9.17) is 9.15 Å². The number of benzene rings is 1. The van der Waals surface area contributed by atoms with Crippen LogP contribution in [0, 0.1) is 5.92 Å². The summed E-state index contributed by atoms with van der Waals surface area (Å²) in [6.07, 6.45) is 10.8. The standard InChI is InChI=1S/C24H31N3O4/c28-23(16-21-17-30-18-25-21)26-10-12-27(13-11-26)24(29)20-7-4-8-22(15-20)31-14-9-19-5-2-1-3-6-19/h4,7-8,15,17-19H,1-3,5-6,9-14,16H2. The van der Waals surface area contributed by atoms with Crippen LogP contribution < -0.4 is 4.74 Å². The molecule has 2 amide bonds. The van der Waals surface area contributed by atoms with Gasteiger partial charge in [-0.25, -0.2) is 4.98 Å². The number of amides is 2. The highest BCUT2D eigenvalue weighted by Gasteiger charge is 2.25. The highest BCUT2D eigenvalue weighted by Crippen LogP contribution is 2.26. The Morgan fingerprint density at radius 3 is 2.58 bits per heavy atom. The second-order valence-corrected chi connectivity index (χ2v) is 8.50. The van der Waals surface area contributed by atoms with Crippen LogP contribution in [-0.4, -0.2) is 59.4 Å². The number of hydrogen-bond donors (Lipinski definition) is 0. The molecule has 7 nitrogen and oxygen atoms in total. The monoisotopic (exact) mass is 425 g/mol. The smallest absolute Gasteiger partial charge is 0.254 e. The van der Waals surface area contributed by atoms with Gasteiger partial charge >= 0.3 is 0 Å². The molecule has 1 aliphatic carbocycles. The van der Waals surface area contributed by atoms with E-state index in [1.54, 1.807) is 9.80 Å². The number of carbonyl (C=O) groups is 2. The van der Waals surface area contributed by atoms with Gasteiger partial charge in [0.25, 0.3) is 5.91 Å². The second kappa shape index (κ2) is 10.5. The largest absolute Gasteiger partial charge is 0.494 e. The molecule has 7 heteroatoms. The summed E-state index contributed by atoms with van der Waals surface area (Å²) < 4.78 is 10.9. The Hall–Kier alpha value is -2.83. The minimum atomic E-state index is -0.0127. The molecule has 166 valence electrons. The molecular weight excluding hydrogens is 394 g/mol. The molecule has 4 rings (SSSR count). The van der Waals surface area contributed by atoms with Crippen molar-refractivity contribution in [3.63, 3.8) is 0 Å². The van der Waals surface area contributed by atoms with Crippen LogP contribution in [0.15, 0.2) is 41.3 Å². The maximum Gasteiger partial charge on any atom is 0.254 e. The first-order valence-corrected chi connectivity index (χ1v) is 11.4. The summed E-state index contributed by atoms with van der Waals surface area (Å²) in [5.74, 6) is 1.53. The van der Waals surface area contributed by atoms with Crippen LogP contribution in [-0.2, 0) is 11.2 Å². The van der Waals surface area contributed by atoms with Crippen molar-refractivity contribution < 1.29 is 18.7 Å². The fraction of sp³-hybridized carbons (Fsp3) is 0.542. The third kappa shape index (κ3) is 5.87. The zero-order valence-electron chi connectivity index (χ0n) is 18.0. The van der Waals surface area contributed by atoms with Crippen molar-refractivity contribution in [3.05, 3.63) is 48.2 Å². The maximum absolute atomic E-state index is 13.0.